The fraction of sp³-hybridized carbons (Fsp3) is 1.00. The monoisotopic (exact) mass is 159 g/mol. The van der Waals surface area contributed by atoms with Crippen molar-refractivity contribution in [1.29, 1.82) is 0 Å². The number of nitrogens with two attached hydrogens (primary N) is 2. The highest BCUT2D eigenvalue weighted by atomic mass is 15.2. The van der Waals surface area contributed by atoms with E-state index in [1.807, 2.05) is 0 Å². The van der Waals surface area contributed by atoms with Gasteiger partial charge < -0.3 is 11.5 Å². The van der Waals surface area contributed by atoms with Crippen molar-refractivity contribution >= 4 is 0 Å². The molecule has 0 saturated heterocycles. The van der Waals surface area contributed by atoms with Crippen molar-refractivity contribution in [1.82, 2.24) is 4.90 Å². The topological polar surface area (TPSA) is 55.3 Å². The Morgan fingerprint density at radius 3 is 1.55 bits per heavy atom. The van der Waals surface area contributed by atoms with Crippen LogP contribution < -0.4 is 11.5 Å². The zero-order valence-electron chi connectivity index (χ0n) is 7.93. The van der Waals surface area contributed by atoms with E-state index in [1.54, 1.807) is 0 Å². The molecule has 0 aliphatic rings. The van der Waals surface area contributed by atoms with Crippen LogP contribution in [0.5, 0.6) is 0 Å². The molecule has 0 amide bonds. The van der Waals surface area contributed by atoms with Gasteiger partial charge in [-0.2, -0.15) is 0 Å². The maximum Gasteiger partial charge on any atom is 0.0126 e. The van der Waals surface area contributed by atoms with Crippen molar-refractivity contribution in [2.75, 3.05) is 26.2 Å². The van der Waals surface area contributed by atoms with Gasteiger partial charge in [0.05, 0.1) is 0 Å². The molecule has 0 rings (SSSR count). The Bertz CT molecular complexity index is 90.0. The van der Waals surface area contributed by atoms with Gasteiger partial charge >= 0.3 is 0 Å². The van der Waals surface area contributed by atoms with E-state index < -0.39 is 0 Å². The zero-order chi connectivity index (χ0) is 8.91. The lowest BCUT2D eigenvalue weighted by atomic mass is 10.1. The van der Waals surface area contributed by atoms with Crippen molar-refractivity contribution in [3.63, 3.8) is 0 Å². The standard InChI is InChI=1S/C8H21N3/c1-8(2,3)11(6-4-9)7-5-10/h4-7,9-10H2,1-3H3. The van der Waals surface area contributed by atoms with Crippen LogP contribution in [0, 0.1) is 0 Å². The molecule has 0 aromatic rings. The minimum absolute atomic E-state index is 0.193. The van der Waals surface area contributed by atoms with Crippen LogP contribution in [-0.2, 0) is 0 Å². The van der Waals surface area contributed by atoms with E-state index in [1.165, 1.54) is 0 Å². The van der Waals surface area contributed by atoms with Gasteiger partial charge in [0.1, 0.15) is 0 Å². The average molecular weight is 159 g/mol. The smallest absolute Gasteiger partial charge is 0.0126 e. The molecule has 3 heteroatoms. The Kier molecular flexibility index (Phi) is 4.65. The minimum atomic E-state index is 0.193. The van der Waals surface area contributed by atoms with E-state index in [2.05, 4.69) is 25.7 Å². The van der Waals surface area contributed by atoms with Crippen molar-refractivity contribution in [3.8, 4) is 0 Å². The van der Waals surface area contributed by atoms with Crippen LogP contribution in [0.2, 0.25) is 0 Å². The summed E-state index contributed by atoms with van der Waals surface area (Å²) in [4.78, 5) is 2.30. The number of hydrogen-bond acceptors (Lipinski definition) is 3. The normalized spacial score (nSPS) is 12.5. The van der Waals surface area contributed by atoms with E-state index in [0.717, 1.165) is 13.1 Å². The van der Waals surface area contributed by atoms with Crippen LogP contribution in [0.3, 0.4) is 0 Å². The molecule has 0 spiro atoms. The molecule has 0 aliphatic carbocycles. The second kappa shape index (κ2) is 4.70. The maximum atomic E-state index is 5.47. The van der Waals surface area contributed by atoms with Crippen LogP contribution >= 0.6 is 0 Å². The molecule has 0 aliphatic heterocycles. The first kappa shape index (κ1) is 10.9. The number of rotatable bonds is 4. The second-order valence-electron chi connectivity index (χ2n) is 3.74. The molecule has 0 unspecified atom stereocenters. The van der Waals surface area contributed by atoms with Crippen LogP contribution in [0.25, 0.3) is 0 Å². The minimum Gasteiger partial charge on any atom is -0.329 e. The molecule has 0 atom stereocenters. The summed E-state index contributed by atoms with van der Waals surface area (Å²) in [7, 11) is 0. The summed E-state index contributed by atoms with van der Waals surface area (Å²) in [5.41, 5.74) is 11.1. The molecule has 4 N–H and O–H groups in total. The molecule has 0 aromatic heterocycles. The van der Waals surface area contributed by atoms with Crippen molar-refractivity contribution < 1.29 is 0 Å². The number of hydrogen-bond donors (Lipinski definition) is 2. The molecule has 11 heavy (non-hydrogen) atoms. The third-order valence-electron chi connectivity index (χ3n) is 1.75. The Morgan fingerprint density at radius 2 is 1.36 bits per heavy atom. The lowest BCUT2D eigenvalue weighted by Crippen LogP contribution is -2.46. The van der Waals surface area contributed by atoms with Crippen LogP contribution in [0.1, 0.15) is 20.8 Å². The Hall–Kier alpha value is -0.120. The summed E-state index contributed by atoms with van der Waals surface area (Å²) in [5.74, 6) is 0. The first-order chi connectivity index (χ1) is 5.02. The molecule has 3 nitrogen and oxygen atoms in total. The molecule has 0 saturated carbocycles. The highest BCUT2D eigenvalue weighted by Crippen LogP contribution is 2.10. The molecule has 0 bridgehead atoms. The van der Waals surface area contributed by atoms with Crippen LogP contribution in [-0.4, -0.2) is 36.6 Å². The molecule has 0 radical (unpaired) electrons. The van der Waals surface area contributed by atoms with Gasteiger partial charge in [-0.3, -0.25) is 4.90 Å². The predicted octanol–water partition coefficient (Wildman–Crippen LogP) is 0.00430. The van der Waals surface area contributed by atoms with E-state index in [4.69, 9.17) is 11.5 Å². The predicted molar refractivity (Wildman–Crippen MR) is 49.4 cm³/mol. The van der Waals surface area contributed by atoms with E-state index in [0.29, 0.717) is 13.1 Å². The summed E-state index contributed by atoms with van der Waals surface area (Å²) in [6, 6.07) is 0. The quantitative estimate of drug-likeness (QED) is 0.607. The summed E-state index contributed by atoms with van der Waals surface area (Å²) >= 11 is 0. The fourth-order valence-electron chi connectivity index (χ4n) is 1.09. The van der Waals surface area contributed by atoms with Crippen molar-refractivity contribution in [2.24, 2.45) is 11.5 Å². The van der Waals surface area contributed by atoms with Gasteiger partial charge in [0, 0.05) is 31.7 Å². The highest BCUT2D eigenvalue weighted by Gasteiger charge is 2.18. The summed E-state index contributed by atoms with van der Waals surface area (Å²) in [6.07, 6.45) is 0. The van der Waals surface area contributed by atoms with Gasteiger partial charge in [0.25, 0.3) is 0 Å². The Morgan fingerprint density at radius 1 is 1.00 bits per heavy atom. The summed E-state index contributed by atoms with van der Waals surface area (Å²) in [6.45, 7) is 9.81. The Balaban J connectivity index is 3.88. The Labute approximate surface area is 69.7 Å². The second-order valence-corrected chi connectivity index (χ2v) is 3.74. The van der Waals surface area contributed by atoms with Gasteiger partial charge in [-0.1, -0.05) is 0 Å². The van der Waals surface area contributed by atoms with Gasteiger partial charge in [-0.05, 0) is 20.8 Å². The van der Waals surface area contributed by atoms with Crippen LogP contribution in [0.15, 0.2) is 0 Å². The molecule has 0 fully saturated rings. The fourth-order valence-corrected chi connectivity index (χ4v) is 1.09. The molecular formula is C8H21N3. The highest BCUT2D eigenvalue weighted by molar-refractivity contribution is 4.76. The lowest BCUT2D eigenvalue weighted by molar-refractivity contribution is 0.146. The zero-order valence-corrected chi connectivity index (χ0v) is 7.93. The van der Waals surface area contributed by atoms with E-state index in [-0.39, 0.29) is 5.54 Å². The van der Waals surface area contributed by atoms with Gasteiger partial charge in [0.2, 0.25) is 0 Å². The molecular weight excluding hydrogens is 138 g/mol. The summed E-state index contributed by atoms with van der Waals surface area (Å²) in [5, 5.41) is 0. The first-order valence-corrected chi connectivity index (χ1v) is 4.17. The SMILES string of the molecule is CC(C)(C)N(CCN)CCN. The summed E-state index contributed by atoms with van der Waals surface area (Å²) < 4.78 is 0. The van der Waals surface area contributed by atoms with E-state index in [9.17, 15) is 0 Å². The molecule has 0 heterocycles. The average Bonchev–Trinajstić information content (AvgIpc) is 1.85. The maximum absolute atomic E-state index is 5.47. The van der Waals surface area contributed by atoms with Gasteiger partial charge in [-0.25, -0.2) is 0 Å². The lowest BCUT2D eigenvalue weighted by Gasteiger charge is -2.34. The molecule has 68 valence electrons. The third-order valence-corrected chi connectivity index (χ3v) is 1.75. The van der Waals surface area contributed by atoms with Crippen LogP contribution in [0.4, 0.5) is 0 Å². The first-order valence-electron chi connectivity index (χ1n) is 4.17. The largest absolute Gasteiger partial charge is 0.329 e. The third kappa shape index (κ3) is 4.35. The van der Waals surface area contributed by atoms with E-state index >= 15 is 0 Å². The van der Waals surface area contributed by atoms with Crippen molar-refractivity contribution in [2.45, 2.75) is 26.3 Å². The molecule has 0 aromatic carbocycles. The van der Waals surface area contributed by atoms with Gasteiger partial charge in [0.15, 0.2) is 0 Å². The van der Waals surface area contributed by atoms with Crippen molar-refractivity contribution in [3.05, 3.63) is 0 Å². The number of nitrogens with zero attached hydrogens (tertiary/aromatic N) is 1. The van der Waals surface area contributed by atoms with Gasteiger partial charge in [-0.15, -0.1) is 0 Å².